The van der Waals surface area contributed by atoms with Gasteiger partial charge in [0.25, 0.3) is 16.4 Å². The molecule has 1 aromatic carbocycles. The van der Waals surface area contributed by atoms with E-state index < -0.39 is 41.0 Å². The summed E-state index contributed by atoms with van der Waals surface area (Å²) >= 11 is 0. The summed E-state index contributed by atoms with van der Waals surface area (Å²) < 4.78 is 7.12. The Kier molecular flexibility index (Phi) is 8.64. The fourth-order valence-corrected chi connectivity index (χ4v) is 4.98. The molecule has 0 bridgehead atoms. The first-order valence-electron chi connectivity index (χ1n) is 13.6. The maximum absolute atomic E-state index is 12.2. The molecule has 2 fully saturated rings. The molecule has 0 spiro atoms. The highest BCUT2D eigenvalue weighted by atomic mass is 16.6. The van der Waals surface area contributed by atoms with Crippen LogP contribution in [0, 0.1) is 0 Å². The lowest BCUT2D eigenvalue weighted by molar-refractivity contribution is -0.126. The number of piperazine rings is 1. The number of anilines is 3. The third-order valence-electron chi connectivity index (χ3n) is 7.35. The van der Waals surface area contributed by atoms with E-state index in [-0.39, 0.29) is 40.9 Å². The predicted molar refractivity (Wildman–Crippen MR) is 153 cm³/mol. The van der Waals surface area contributed by atoms with Gasteiger partial charge in [0.1, 0.15) is 29.7 Å². The number of nitrogens with zero attached hydrogens (tertiary/aromatic N) is 5. The Labute approximate surface area is 238 Å². The summed E-state index contributed by atoms with van der Waals surface area (Å²) in [7, 11) is 1.87. The summed E-state index contributed by atoms with van der Waals surface area (Å²) in [6.45, 7) is 4.27. The minimum atomic E-state index is -1.40. The van der Waals surface area contributed by atoms with Gasteiger partial charge in [0.2, 0.25) is 11.9 Å². The van der Waals surface area contributed by atoms with E-state index in [0.717, 1.165) is 13.1 Å². The van der Waals surface area contributed by atoms with Gasteiger partial charge < -0.3 is 46.4 Å². The zero-order valence-electron chi connectivity index (χ0n) is 22.9. The molecule has 0 radical (unpaired) electrons. The van der Waals surface area contributed by atoms with Gasteiger partial charge in [0.15, 0.2) is 17.4 Å². The number of likely N-dealkylation sites (N-methyl/N-ethyl adjacent to an activating group) is 1. The van der Waals surface area contributed by atoms with Gasteiger partial charge in [-0.25, -0.2) is 4.98 Å². The Morgan fingerprint density at radius 3 is 2.64 bits per heavy atom. The molecule has 42 heavy (non-hydrogen) atoms. The van der Waals surface area contributed by atoms with Crippen molar-refractivity contribution in [3.05, 3.63) is 49.3 Å². The largest absolute Gasteiger partial charge is 0.387 e. The maximum Gasteiger partial charge on any atom is 0.280 e. The minimum Gasteiger partial charge on any atom is -0.387 e. The lowest BCUT2D eigenvalue weighted by Gasteiger charge is -2.26. The highest BCUT2D eigenvalue weighted by Crippen LogP contribution is 2.31. The van der Waals surface area contributed by atoms with Gasteiger partial charge in [-0.05, 0) is 7.05 Å². The number of H-pyrrole nitrogens is 1. The van der Waals surface area contributed by atoms with Gasteiger partial charge in [-0.3, -0.25) is 28.7 Å². The molecular weight excluding hydrogens is 552 g/mol. The summed E-state index contributed by atoms with van der Waals surface area (Å²) in [4.78, 5) is 62.8. The van der Waals surface area contributed by atoms with E-state index in [1.54, 1.807) is 17.1 Å². The summed E-state index contributed by atoms with van der Waals surface area (Å²) in [6, 6.07) is 0. The molecular formula is C25H34N10O7. The van der Waals surface area contributed by atoms with E-state index in [9.17, 15) is 29.4 Å². The van der Waals surface area contributed by atoms with Crippen molar-refractivity contribution in [1.82, 2.24) is 34.6 Å². The molecule has 5 rings (SSSR count). The number of carbonyl (C=O) groups excluding carboxylic acids is 1. The lowest BCUT2D eigenvalue weighted by Crippen LogP contribution is -2.45. The van der Waals surface area contributed by atoms with Crippen molar-refractivity contribution in [3.63, 3.8) is 0 Å². The number of nitrogens with one attached hydrogen (secondary N) is 4. The van der Waals surface area contributed by atoms with Crippen molar-refractivity contribution in [1.29, 1.82) is 0 Å². The molecule has 4 atom stereocenters. The first-order chi connectivity index (χ1) is 20.2. The number of aliphatic hydroxyl groups excluding tert-OH is 2. The molecule has 17 nitrogen and oxygen atoms in total. The van der Waals surface area contributed by atoms with E-state index in [2.05, 4.69) is 30.9 Å². The fraction of sp³-hybridized carbons (Fsp3) is 0.520. The van der Waals surface area contributed by atoms with Crippen LogP contribution < -0.4 is 38.1 Å². The second kappa shape index (κ2) is 12.4. The number of aliphatic hydroxyl groups is 2. The van der Waals surface area contributed by atoms with Crippen molar-refractivity contribution in [2.24, 2.45) is 0 Å². The number of nitrogen functional groups attached to an aromatic ring is 1. The molecule has 2 aromatic heterocycles. The van der Waals surface area contributed by atoms with Gasteiger partial charge in [0, 0.05) is 58.4 Å². The number of nitrogens with two attached hydrogens (primary N) is 1. The second-order valence-electron chi connectivity index (χ2n) is 10.3. The zero-order chi connectivity index (χ0) is 30.0. The van der Waals surface area contributed by atoms with E-state index in [1.807, 2.05) is 11.9 Å². The lowest BCUT2D eigenvalue weighted by atomic mass is 10.1. The third kappa shape index (κ3) is 5.90. The molecule has 17 heteroatoms. The van der Waals surface area contributed by atoms with Gasteiger partial charge in [-0.1, -0.05) is 6.08 Å². The molecule has 2 aliphatic rings. The van der Waals surface area contributed by atoms with E-state index in [4.69, 9.17) is 10.5 Å². The van der Waals surface area contributed by atoms with Crippen molar-refractivity contribution in [3.8, 4) is 0 Å². The number of amides is 1. The topological polar surface area (TPSA) is 233 Å². The SMILES string of the molecule is CN(CC=CC(=O)N1CCNCC1)CCNc1c(NC[C@H]2O[C@@H](n3cnc4c(=O)[nH]c(N)nc43)[C@H](O)[C@@H]2O)c(=O)c1=O. The number of aromatic amines is 1. The van der Waals surface area contributed by atoms with Gasteiger partial charge >= 0.3 is 0 Å². The first kappa shape index (κ1) is 29.3. The Morgan fingerprint density at radius 1 is 1.19 bits per heavy atom. The Hall–Kier alpha value is -4.16. The van der Waals surface area contributed by atoms with Crippen LogP contribution in [-0.2, 0) is 9.53 Å². The summed E-state index contributed by atoms with van der Waals surface area (Å²) in [5.74, 6) is -0.170. The van der Waals surface area contributed by atoms with Crippen molar-refractivity contribution >= 4 is 34.4 Å². The summed E-state index contributed by atoms with van der Waals surface area (Å²) in [5.41, 5.74) is 3.95. The number of aromatic nitrogens is 4. The van der Waals surface area contributed by atoms with Crippen LogP contribution in [0.25, 0.3) is 11.2 Å². The average Bonchev–Trinajstić information content (AvgIpc) is 3.52. The molecule has 4 heterocycles. The number of ether oxygens (including phenoxy) is 1. The van der Waals surface area contributed by atoms with E-state index in [0.29, 0.717) is 32.7 Å². The van der Waals surface area contributed by atoms with Gasteiger partial charge in [-0.2, -0.15) is 4.98 Å². The van der Waals surface area contributed by atoms with Crippen LogP contribution in [0.1, 0.15) is 6.23 Å². The van der Waals surface area contributed by atoms with E-state index in [1.165, 1.54) is 10.9 Å². The second-order valence-corrected chi connectivity index (χ2v) is 10.3. The third-order valence-corrected chi connectivity index (χ3v) is 7.35. The Morgan fingerprint density at radius 2 is 1.90 bits per heavy atom. The Bertz CT molecular complexity index is 1590. The highest BCUT2D eigenvalue weighted by molar-refractivity contribution is 5.87. The molecule has 0 unspecified atom stereocenters. The van der Waals surface area contributed by atoms with Crippen LogP contribution in [0.4, 0.5) is 17.3 Å². The molecule has 3 aromatic rings. The molecule has 8 N–H and O–H groups in total. The smallest absolute Gasteiger partial charge is 0.280 e. The molecule has 2 aliphatic heterocycles. The average molecular weight is 587 g/mol. The number of hydrogen-bond donors (Lipinski definition) is 7. The molecule has 226 valence electrons. The van der Waals surface area contributed by atoms with Gasteiger partial charge in [0.05, 0.1) is 6.33 Å². The van der Waals surface area contributed by atoms with Crippen LogP contribution in [-0.4, -0.2) is 123 Å². The number of rotatable bonds is 11. The predicted octanol–water partition coefficient (Wildman–Crippen LogP) is -3.64. The van der Waals surface area contributed by atoms with Crippen molar-refractivity contribution < 1.29 is 19.7 Å². The van der Waals surface area contributed by atoms with Crippen molar-refractivity contribution in [2.75, 3.05) is 75.8 Å². The van der Waals surface area contributed by atoms with Crippen LogP contribution in [0.15, 0.2) is 32.9 Å². The van der Waals surface area contributed by atoms with Crippen LogP contribution in [0.5, 0.6) is 0 Å². The highest BCUT2D eigenvalue weighted by Gasteiger charge is 2.44. The normalized spacial score (nSPS) is 23.0. The Balaban J connectivity index is 1.12. The number of imidazole rings is 1. The number of hydrogen-bond acceptors (Lipinski definition) is 14. The van der Waals surface area contributed by atoms with Crippen LogP contribution >= 0.6 is 0 Å². The quantitative estimate of drug-likeness (QED) is 0.0849. The minimum absolute atomic E-state index is 0.0131. The standard InChI is InChI=1S/C25H34N10O7/c1-33(7-2-3-14(36)34-9-4-27-5-10-34)8-6-28-15-16(20(39)19(15)38)29-11-13-18(37)21(40)24(42-13)35-12-30-17-22(35)31-25(26)32-23(17)41/h2-3,12-13,18,21,24,27-29,37,40H,4-11H2,1H3,(H3,26,31,32,41)/t13-,18-,21-,24-/m1/s1. The molecule has 1 amide bonds. The zero-order valence-corrected chi connectivity index (χ0v) is 22.9. The monoisotopic (exact) mass is 586 g/mol. The van der Waals surface area contributed by atoms with Crippen LogP contribution in [0.3, 0.4) is 0 Å². The van der Waals surface area contributed by atoms with Crippen molar-refractivity contribution in [2.45, 2.75) is 24.5 Å². The van der Waals surface area contributed by atoms with Crippen LogP contribution in [0.2, 0.25) is 0 Å². The molecule has 0 aliphatic carbocycles. The summed E-state index contributed by atoms with van der Waals surface area (Å²) in [5, 5.41) is 30.2. The maximum atomic E-state index is 12.2. The first-order valence-corrected chi connectivity index (χ1v) is 13.6. The summed E-state index contributed by atoms with van der Waals surface area (Å²) in [6.07, 6.45) is -0.262. The fourth-order valence-electron chi connectivity index (χ4n) is 4.98. The molecule has 2 saturated heterocycles. The van der Waals surface area contributed by atoms with E-state index >= 15 is 0 Å². The number of carbonyl (C=O) groups is 1. The molecule has 0 saturated carbocycles. The number of fused-ring (bicyclic) bond motifs is 1. The van der Waals surface area contributed by atoms with Gasteiger partial charge in [-0.15, -0.1) is 0 Å².